The summed E-state index contributed by atoms with van der Waals surface area (Å²) >= 11 is 0. The predicted octanol–water partition coefficient (Wildman–Crippen LogP) is 6.66. The van der Waals surface area contributed by atoms with Crippen LogP contribution >= 0.6 is 0 Å². The summed E-state index contributed by atoms with van der Waals surface area (Å²) in [6, 6.07) is 26.5. The number of alkyl halides is 3. The Bertz CT molecular complexity index is 1300. The minimum atomic E-state index is -4.49. The summed E-state index contributed by atoms with van der Waals surface area (Å²) in [7, 11) is 0. The first-order chi connectivity index (χ1) is 17.4. The molecule has 184 valence electrons. The van der Waals surface area contributed by atoms with Gasteiger partial charge in [-0.3, -0.25) is 4.79 Å². The summed E-state index contributed by atoms with van der Waals surface area (Å²) in [4.78, 5) is 16.3. The van der Waals surface area contributed by atoms with Crippen molar-refractivity contribution in [2.45, 2.75) is 19.4 Å². The lowest BCUT2D eigenvalue weighted by Crippen LogP contribution is -2.19. The van der Waals surface area contributed by atoms with E-state index in [4.69, 9.17) is 14.2 Å². The Labute approximate surface area is 206 Å². The van der Waals surface area contributed by atoms with Gasteiger partial charge in [-0.25, -0.2) is 0 Å². The third kappa shape index (κ3) is 6.85. The Balaban J connectivity index is 1.63. The molecule has 0 bridgehead atoms. The van der Waals surface area contributed by atoms with E-state index in [2.05, 4.69) is 4.98 Å². The standard InChI is InChI=1S/C28H22F3NO4/c29-28(30,31)19-36-23-11-12-24(22(15-23)16-33)25-13-14-26(34-17-20-7-3-1-4-8-20)32-27(25)35-18-21-9-5-2-6-10-21/h1-16H,17-19H2. The molecule has 3 aromatic carbocycles. The predicted molar refractivity (Wildman–Crippen MR) is 128 cm³/mol. The zero-order chi connectivity index (χ0) is 25.4. The molecule has 1 heterocycles. The molecule has 8 heteroatoms. The quantitative estimate of drug-likeness (QED) is 0.231. The summed E-state index contributed by atoms with van der Waals surface area (Å²) < 4.78 is 54.2. The first-order valence-electron chi connectivity index (χ1n) is 11.0. The minimum Gasteiger partial charge on any atom is -0.484 e. The van der Waals surface area contributed by atoms with Crippen LogP contribution in [0, 0.1) is 0 Å². The number of aldehydes is 1. The van der Waals surface area contributed by atoms with Crippen LogP contribution < -0.4 is 14.2 Å². The molecule has 0 saturated carbocycles. The topological polar surface area (TPSA) is 57.7 Å². The van der Waals surface area contributed by atoms with Crippen molar-refractivity contribution in [3.63, 3.8) is 0 Å². The lowest BCUT2D eigenvalue weighted by molar-refractivity contribution is -0.153. The van der Waals surface area contributed by atoms with Crippen LogP contribution in [0.2, 0.25) is 0 Å². The second-order valence-electron chi connectivity index (χ2n) is 7.82. The summed E-state index contributed by atoms with van der Waals surface area (Å²) in [5, 5.41) is 0. The van der Waals surface area contributed by atoms with E-state index in [0.717, 1.165) is 11.1 Å². The second-order valence-corrected chi connectivity index (χ2v) is 7.82. The number of benzene rings is 3. The van der Waals surface area contributed by atoms with Crippen LogP contribution in [-0.2, 0) is 13.2 Å². The fourth-order valence-corrected chi connectivity index (χ4v) is 3.41. The number of pyridine rings is 1. The van der Waals surface area contributed by atoms with Gasteiger partial charge in [0.05, 0.1) is 0 Å². The van der Waals surface area contributed by atoms with Crippen LogP contribution in [-0.4, -0.2) is 24.1 Å². The Morgan fingerprint density at radius 3 is 1.94 bits per heavy atom. The van der Waals surface area contributed by atoms with E-state index in [1.807, 2.05) is 60.7 Å². The molecule has 0 atom stereocenters. The fraction of sp³-hybridized carbons (Fsp3) is 0.143. The van der Waals surface area contributed by atoms with Gasteiger partial charge in [0.2, 0.25) is 11.8 Å². The molecule has 4 rings (SSSR count). The number of rotatable bonds is 10. The van der Waals surface area contributed by atoms with E-state index in [0.29, 0.717) is 29.9 Å². The van der Waals surface area contributed by atoms with E-state index in [1.165, 1.54) is 18.2 Å². The number of aromatic nitrogens is 1. The molecular weight excluding hydrogens is 471 g/mol. The first kappa shape index (κ1) is 24.8. The Morgan fingerprint density at radius 1 is 0.722 bits per heavy atom. The average molecular weight is 493 g/mol. The highest BCUT2D eigenvalue weighted by atomic mass is 19.4. The number of hydrogen-bond acceptors (Lipinski definition) is 5. The number of hydrogen-bond donors (Lipinski definition) is 0. The molecule has 5 nitrogen and oxygen atoms in total. The molecule has 4 aromatic rings. The van der Waals surface area contributed by atoms with Crippen LogP contribution in [0.5, 0.6) is 17.5 Å². The highest BCUT2D eigenvalue weighted by molar-refractivity contribution is 5.89. The van der Waals surface area contributed by atoms with E-state index < -0.39 is 12.8 Å². The summed E-state index contributed by atoms with van der Waals surface area (Å²) in [5.74, 6) is 0.473. The van der Waals surface area contributed by atoms with E-state index in [9.17, 15) is 18.0 Å². The SMILES string of the molecule is O=Cc1cc(OCC(F)(F)F)ccc1-c1ccc(OCc2ccccc2)nc1OCc1ccccc1. The molecule has 0 aliphatic heterocycles. The van der Waals surface area contributed by atoms with Crippen molar-refractivity contribution in [3.8, 4) is 28.6 Å². The molecule has 0 spiro atoms. The summed E-state index contributed by atoms with van der Waals surface area (Å²) in [5.41, 5.74) is 2.94. The van der Waals surface area contributed by atoms with Gasteiger partial charge in [0, 0.05) is 17.2 Å². The van der Waals surface area contributed by atoms with Crippen LogP contribution in [0.4, 0.5) is 13.2 Å². The molecule has 0 amide bonds. The van der Waals surface area contributed by atoms with Crippen LogP contribution in [0.1, 0.15) is 21.5 Å². The Morgan fingerprint density at radius 2 is 1.33 bits per heavy atom. The van der Waals surface area contributed by atoms with Gasteiger partial charge in [0.15, 0.2) is 12.9 Å². The van der Waals surface area contributed by atoms with Gasteiger partial charge >= 0.3 is 6.18 Å². The largest absolute Gasteiger partial charge is 0.484 e. The van der Waals surface area contributed by atoms with Gasteiger partial charge in [-0.15, -0.1) is 0 Å². The number of carbonyl (C=O) groups excluding carboxylic acids is 1. The number of halogens is 3. The van der Waals surface area contributed by atoms with E-state index in [-0.39, 0.29) is 23.8 Å². The van der Waals surface area contributed by atoms with Crippen molar-refractivity contribution in [3.05, 3.63) is 108 Å². The van der Waals surface area contributed by atoms with E-state index >= 15 is 0 Å². The molecule has 0 aliphatic rings. The van der Waals surface area contributed by atoms with Gasteiger partial charge in [-0.2, -0.15) is 18.2 Å². The summed E-state index contributed by atoms with van der Waals surface area (Å²) in [6.07, 6.45) is -3.94. The van der Waals surface area contributed by atoms with Gasteiger partial charge in [-0.1, -0.05) is 60.7 Å². The normalized spacial score (nSPS) is 11.1. The molecule has 1 aromatic heterocycles. The maximum Gasteiger partial charge on any atom is 0.422 e. The Hall–Kier alpha value is -4.33. The molecule has 0 saturated heterocycles. The fourth-order valence-electron chi connectivity index (χ4n) is 3.41. The Kier molecular flexibility index (Phi) is 7.85. The zero-order valence-corrected chi connectivity index (χ0v) is 19.1. The van der Waals surface area contributed by atoms with Crippen LogP contribution in [0.15, 0.2) is 91.0 Å². The number of carbonyl (C=O) groups is 1. The van der Waals surface area contributed by atoms with Gasteiger partial charge in [0.1, 0.15) is 19.0 Å². The van der Waals surface area contributed by atoms with Crippen molar-refractivity contribution in [2.24, 2.45) is 0 Å². The maximum atomic E-state index is 12.5. The van der Waals surface area contributed by atoms with Gasteiger partial charge < -0.3 is 14.2 Å². The van der Waals surface area contributed by atoms with Crippen molar-refractivity contribution in [1.82, 2.24) is 4.98 Å². The molecular formula is C28H22F3NO4. The third-order valence-electron chi connectivity index (χ3n) is 5.13. The van der Waals surface area contributed by atoms with Crippen LogP contribution in [0.25, 0.3) is 11.1 Å². The van der Waals surface area contributed by atoms with Gasteiger partial charge in [0.25, 0.3) is 0 Å². The smallest absolute Gasteiger partial charge is 0.422 e. The molecule has 36 heavy (non-hydrogen) atoms. The lowest BCUT2D eigenvalue weighted by atomic mass is 10.0. The summed E-state index contributed by atoms with van der Waals surface area (Å²) in [6.45, 7) is -0.937. The number of nitrogens with zero attached hydrogens (tertiary/aromatic N) is 1. The highest BCUT2D eigenvalue weighted by Gasteiger charge is 2.28. The molecule has 0 aliphatic carbocycles. The van der Waals surface area contributed by atoms with Gasteiger partial charge in [-0.05, 0) is 41.0 Å². The molecule has 0 radical (unpaired) electrons. The van der Waals surface area contributed by atoms with Crippen molar-refractivity contribution >= 4 is 6.29 Å². The second kappa shape index (κ2) is 11.4. The maximum absolute atomic E-state index is 12.5. The molecule has 0 N–H and O–H groups in total. The minimum absolute atomic E-state index is 0.0688. The van der Waals surface area contributed by atoms with E-state index in [1.54, 1.807) is 12.1 Å². The average Bonchev–Trinajstić information content (AvgIpc) is 2.90. The number of ether oxygens (including phenoxy) is 3. The lowest BCUT2D eigenvalue weighted by Gasteiger charge is -2.15. The highest BCUT2D eigenvalue weighted by Crippen LogP contribution is 2.35. The zero-order valence-electron chi connectivity index (χ0n) is 19.1. The van der Waals surface area contributed by atoms with Crippen molar-refractivity contribution in [2.75, 3.05) is 6.61 Å². The van der Waals surface area contributed by atoms with Crippen LogP contribution in [0.3, 0.4) is 0 Å². The van der Waals surface area contributed by atoms with Crippen molar-refractivity contribution in [1.29, 1.82) is 0 Å². The molecule has 0 fully saturated rings. The molecule has 0 unspecified atom stereocenters. The van der Waals surface area contributed by atoms with Crippen molar-refractivity contribution < 1.29 is 32.2 Å². The first-order valence-corrected chi connectivity index (χ1v) is 11.0. The third-order valence-corrected chi connectivity index (χ3v) is 5.13. The monoisotopic (exact) mass is 493 g/mol.